The fraction of sp³-hybridized carbons (Fsp3) is 0.619. The molecule has 3 amide bonds. The highest BCUT2D eigenvalue weighted by atomic mass is 28.3. The van der Waals surface area contributed by atoms with Gasteiger partial charge in [-0.3, -0.25) is 9.36 Å². The number of carbonyl (C=O) groups is 2. The maximum Gasteiger partial charge on any atom is 0.319 e. The second-order valence-corrected chi connectivity index (χ2v) is 12.8. The SMILES string of the molecule is CC[Si](CC)(CC)N1C(=O)C(c2ccccc2)N(C2CCCCC2)C1=O. The normalized spacial score (nSPS) is 22.3. The highest BCUT2D eigenvalue weighted by molar-refractivity contribution is 6.81. The van der Waals surface area contributed by atoms with Crippen molar-refractivity contribution in [2.75, 3.05) is 0 Å². The number of amides is 3. The number of urea groups is 1. The van der Waals surface area contributed by atoms with Crippen molar-refractivity contribution in [2.45, 2.75) is 83.1 Å². The molecule has 1 saturated heterocycles. The van der Waals surface area contributed by atoms with Crippen LogP contribution in [-0.2, 0) is 4.79 Å². The molecular formula is C21H32N2O2Si. The smallest absolute Gasteiger partial charge is 0.306 e. The molecule has 1 aromatic rings. The summed E-state index contributed by atoms with van der Waals surface area (Å²) in [5.41, 5.74) is 0.963. The maximum atomic E-state index is 13.6. The number of hydrogen-bond donors (Lipinski definition) is 0. The second kappa shape index (κ2) is 7.95. The number of imide groups is 1. The number of hydrogen-bond acceptors (Lipinski definition) is 2. The molecule has 0 radical (unpaired) electrons. The van der Waals surface area contributed by atoms with Gasteiger partial charge in [-0.15, -0.1) is 0 Å². The molecule has 1 atom stereocenters. The molecular weight excluding hydrogens is 340 g/mol. The Morgan fingerprint density at radius 2 is 1.50 bits per heavy atom. The maximum absolute atomic E-state index is 13.6. The number of rotatable bonds is 6. The number of benzene rings is 1. The minimum atomic E-state index is -2.10. The van der Waals surface area contributed by atoms with Gasteiger partial charge in [0.15, 0.2) is 8.24 Å². The first kappa shape index (κ1) is 19.1. The molecule has 1 heterocycles. The largest absolute Gasteiger partial charge is 0.319 e. The Labute approximate surface area is 158 Å². The van der Waals surface area contributed by atoms with Gasteiger partial charge in [0, 0.05) is 6.04 Å². The standard InChI is InChI=1S/C21H32N2O2Si/c1-4-26(5-2,6-3)23-20(24)19(17-13-9-7-10-14-17)22(21(23)25)18-15-11-8-12-16-18/h7,9-10,13-14,18-19H,4-6,8,11-12,15-16H2,1-3H3. The van der Waals surface area contributed by atoms with E-state index in [0.717, 1.165) is 49.4 Å². The Morgan fingerprint density at radius 3 is 2.04 bits per heavy atom. The van der Waals surface area contributed by atoms with Gasteiger partial charge in [0.25, 0.3) is 0 Å². The summed E-state index contributed by atoms with van der Waals surface area (Å²) in [6.45, 7) is 6.46. The summed E-state index contributed by atoms with van der Waals surface area (Å²) in [6, 6.07) is 12.5. The van der Waals surface area contributed by atoms with Crippen LogP contribution in [0.15, 0.2) is 30.3 Å². The molecule has 1 aliphatic carbocycles. The van der Waals surface area contributed by atoms with E-state index in [1.807, 2.05) is 35.2 Å². The molecule has 1 aromatic carbocycles. The Hall–Kier alpha value is -1.62. The third-order valence-corrected chi connectivity index (χ3v) is 12.0. The van der Waals surface area contributed by atoms with Gasteiger partial charge in [0.1, 0.15) is 6.04 Å². The Kier molecular flexibility index (Phi) is 5.85. The molecule has 1 saturated carbocycles. The molecule has 142 valence electrons. The molecule has 0 N–H and O–H groups in total. The van der Waals surface area contributed by atoms with Crippen LogP contribution in [-0.4, -0.2) is 35.7 Å². The Balaban J connectivity index is 2.05. The van der Waals surface area contributed by atoms with E-state index in [1.54, 1.807) is 4.57 Å². The van der Waals surface area contributed by atoms with Gasteiger partial charge in [-0.2, -0.15) is 0 Å². The molecule has 2 aliphatic rings. The van der Waals surface area contributed by atoms with Crippen LogP contribution in [0.3, 0.4) is 0 Å². The predicted molar refractivity (Wildman–Crippen MR) is 107 cm³/mol. The van der Waals surface area contributed by atoms with Crippen molar-refractivity contribution in [1.82, 2.24) is 9.47 Å². The van der Waals surface area contributed by atoms with Crippen LogP contribution < -0.4 is 0 Å². The molecule has 4 nitrogen and oxygen atoms in total. The van der Waals surface area contributed by atoms with E-state index in [9.17, 15) is 9.59 Å². The van der Waals surface area contributed by atoms with Crippen molar-refractivity contribution in [3.63, 3.8) is 0 Å². The van der Waals surface area contributed by atoms with Crippen LogP contribution in [0.4, 0.5) is 4.79 Å². The molecule has 1 unspecified atom stereocenters. The molecule has 26 heavy (non-hydrogen) atoms. The van der Waals surface area contributed by atoms with Gasteiger partial charge in [0.2, 0.25) is 5.91 Å². The zero-order chi connectivity index (χ0) is 18.7. The summed E-state index contributed by atoms with van der Waals surface area (Å²) in [4.78, 5) is 29.1. The molecule has 3 rings (SSSR count). The molecule has 1 aliphatic heterocycles. The van der Waals surface area contributed by atoms with E-state index in [-0.39, 0.29) is 18.0 Å². The summed E-state index contributed by atoms with van der Waals surface area (Å²) < 4.78 is 1.76. The lowest BCUT2D eigenvalue weighted by Crippen LogP contribution is -2.56. The number of nitrogens with zero attached hydrogens (tertiary/aromatic N) is 2. The van der Waals surface area contributed by atoms with Crippen molar-refractivity contribution in [3.05, 3.63) is 35.9 Å². The first-order chi connectivity index (χ1) is 12.6. The van der Waals surface area contributed by atoms with Crippen LogP contribution in [0.5, 0.6) is 0 Å². The van der Waals surface area contributed by atoms with Gasteiger partial charge in [-0.05, 0) is 36.5 Å². The van der Waals surface area contributed by atoms with Gasteiger partial charge in [0.05, 0.1) is 0 Å². The van der Waals surface area contributed by atoms with E-state index in [1.165, 1.54) is 6.42 Å². The summed E-state index contributed by atoms with van der Waals surface area (Å²) in [7, 11) is -2.10. The van der Waals surface area contributed by atoms with Crippen LogP contribution >= 0.6 is 0 Å². The lowest BCUT2D eigenvalue weighted by atomic mass is 9.92. The summed E-state index contributed by atoms with van der Waals surface area (Å²) in [5, 5.41) is 0. The quantitative estimate of drug-likeness (QED) is 0.500. The van der Waals surface area contributed by atoms with Gasteiger partial charge in [-0.1, -0.05) is 70.4 Å². The first-order valence-electron chi connectivity index (χ1n) is 10.3. The molecule has 5 heteroatoms. The van der Waals surface area contributed by atoms with Crippen LogP contribution in [0.25, 0.3) is 0 Å². The van der Waals surface area contributed by atoms with Gasteiger partial charge >= 0.3 is 6.03 Å². The fourth-order valence-electron chi connectivity index (χ4n) is 4.89. The third-order valence-electron chi connectivity index (χ3n) is 6.68. The Morgan fingerprint density at radius 1 is 0.923 bits per heavy atom. The van der Waals surface area contributed by atoms with Gasteiger partial charge in [-0.25, -0.2) is 4.79 Å². The summed E-state index contributed by atoms with van der Waals surface area (Å²) >= 11 is 0. The summed E-state index contributed by atoms with van der Waals surface area (Å²) in [6.07, 6.45) is 5.60. The zero-order valence-corrected chi connectivity index (χ0v) is 17.4. The van der Waals surface area contributed by atoms with Crippen molar-refractivity contribution in [3.8, 4) is 0 Å². The topological polar surface area (TPSA) is 40.6 Å². The average molecular weight is 373 g/mol. The van der Waals surface area contributed by atoms with Gasteiger partial charge < -0.3 is 4.90 Å². The number of carbonyl (C=O) groups excluding carboxylic acids is 2. The van der Waals surface area contributed by atoms with E-state index >= 15 is 0 Å². The second-order valence-electron chi connectivity index (χ2n) is 7.75. The van der Waals surface area contributed by atoms with E-state index in [0.29, 0.717) is 0 Å². The summed E-state index contributed by atoms with van der Waals surface area (Å²) in [5.74, 6) is 0.0315. The lowest BCUT2D eigenvalue weighted by Gasteiger charge is -2.37. The predicted octanol–water partition coefficient (Wildman–Crippen LogP) is 5.33. The van der Waals surface area contributed by atoms with Crippen LogP contribution in [0.2, 0.25) is 18.1 Å². The molecule has 2 fully saturated rings. The van der Waals surface area contributed by atoms with Crippen molar-refractivity contribution >= 4 is 20.2 Å². The van der Waals surface area contributed by atoms with E-state index in [4.69, 9.17) is 0 Å². The van der Waals surface area contributed by atoms with Crippen molar-refractivity contribution < 1.29 is 9.59 Å². The molecule has 0 bridgehead atoms. The van der Waals surface area contributed by atoms with E-state index in [2.05, 4.69) is 20.8 Å². The lowest BCUT2D eigenvalue weighted by molar-refractivity contribution is -0.126. The van der Waals surface area contributed by atoms with E-state index < -0.39 is 14.3 Å². The van der Waals surface area contributed by atoms with Crippen LogP contribution in [0.1, 0.15) is 64.5 Å². The Bertz CT molecular complexity index is 630. The highest BCUT2D eigenvalue weighted by Gasteiger charge is 2.55. The minimum Gasteiger partial charge on any atom is -0.306 e. The zero-order valence-electron chi connectivity index (χ0n) is 16.4. The van der Waals surface area contributed by atoms with Crippen molar-refractivity contribution in [1.29, 1.82) is 0 Å². The monoisotopic (exact) mass is 372 g/mol. The minimum absolute atomic E-state index is 0.00651. The van der Waals surface area contributed by atoms with Crippen LogP contribution in [0, 0.1) is 0 Å². The first-order valence-corrected chi connectivity index (χ1v) is 12.9. The molecule has 0 spiro atoms. The molecule has 0 aromatic heterocycles. The third kappa shape index (κ3) is 3.11. The van der Waals surface area contributed by atoms with Crippen molar-refractivity contribution in [2.24, 2.45) is 0 Å². The average Bonchev–Trinajstić information content (AvgIpc) is 2.96. The fourth-order valence-corrected chi connectivity index (χ4v) is 8.45. The highest BCUT2D eigenvalue weighted by Crippen LogP contribution is 2.41.